The molecule has 210 valence electrons. The maximum absolute atomic E-state index is 13.8. The van der Waals surface area contributed by atoms with E-state index in [0.717, 1.165) is 24.2 Å². The predicted octanol–water partition coefficient (Wildman–Crippen LogP) is 4.76. The SMILES string of the molecule is CCCSc1nc(N[C@@H]2C[C@H]2c2ccc(F)c(F)c2)c2ncn([C@@H]3C[C@H](OC(C)O)[C@H]4OC(C)(C)O[C@H]43)c2n1. The molecule has 3 aromatic rings. The van der Waals surface area contributed by atoms with Crippen LogP contribution in [-0.4, -0.2) is 66.8 Å². The Morgan fingerprint density at radius 2 is 2.00 bits per heavy atom. The molecule has 2 saturated carbocycles. The Morgan fingerprint density at radius 3 is 2.74 bits per heavy atom. The van der Waals surface area contributed by atoms with Crippen molar-refractivity contribution >= 4 is 28.7 Å². The number of aromatic nitrogens is 4. The highest BCUT2D eigenvalue weighted by molar-refractivity contribution is 7.99. The van der Waals surface area contributed by atoms with Crippen LogP contribution in [0.4, 0.5) is 14.6 Å². The van der Waals surface area contributed by atoms with Crippen LogP contribution in [-0.2, 0) is 14.2 Å². The molecule has 7 atom stereocenters. The van der Waals surface area contributed by atoms with Crippen molar-refractivity contribution in [3.8, 4) is 0 Å². The van der Waals surface area contributed by atoms with E-state index in [-0.39, 0.29) is 36.3 Å². The van der Waals surface area contributed by atoms with Crippen LogP contribution in [0.25, 0.3) is 11.2 Å². The van der Waals surface area contributed by atoms with E-state index < -0.39 is 23.7 Å². The fourth-order valence-corrected chi connectivity index (χ4v) is 6.40. The zero-order valence-corrected chi connectivity index (χ0v) is 23.1. The van der Waals surface area contributed by atoms with Crippen LogP contribution in [0.15, 0.2) is 29.7 Å². The molecule has 6 rings (SSSR count). The molecule has 2 aromatic heterocycles. The molecule has 1 unspecified atom stereocenters. The van der Waals surface area contributed by atoms with Crippen molar-refractivity contribution in [1.29, 1.82) is 0 Å². The molecule has 1 saturated heterocycles. The Kier molecular flexibility index (Phi) is 7.03. The second-order valence-electron chi connectivity index (χ2n) is 10.9. The van der Waals surface area contributed by atoms with Crippen molar-refractivity contribution in [3.63, 3.8) is 0 Å². The molecule has 1 aromatic carbocycles. The van der Waals surface area contributed by atoms with E-state index in [2.05, 4.69) is 12.2 Å². The molecular weight excluding hydrogens is 528 g/mol. The molecule has 1 aliphatic heterocycles. The number of fused-ring (bicyclic) bond motifs is 2. The fourth-order valence-electron chi connectivity index (χ4n) is 5.71. The molecule has 2 N–H and O–H groups in total. The average Bonchev–Trinajstić information content (AvgIpc) is 3.22. The van der Waals surface area contributed by atoms with Gasteiger partial charge in [-0.1, -0.05) is 24.8 Å². The molecule has 39 heavy (non-hydrogen) atoms. The van der Waals surface area contributed by atoms with Crippen molar-refractivity contribution in [3.05, 3.63) is 41.7 Å². The van der Waals surface area contributed by atoms with Gasteiger partial charge in [0.15, 0.2) is 45.8 Å². The summed E-state index contributed by atoms with van der Waals surface area (Å²) in [6.45, 7) is 7.43. The Hall–Kier alpha value is -2.38. The molecule has 2 aliphatic carbocycles. The number of anilines is 1. The molecular formula is C27H33F2N5O4S. The van der Waals surface area contributed by atoms with Gasteiger partial charge in [0.1, 0.15) is 12.2 Å². The highest BCUT2D eigenvalue weighted by atomic mass is 32.2. The third-order valence-electron chi connectivity index (χ3n) is 7.43. The second kappa shape index (κ2) is 10.2. The third kappa shape index (κ3) is 5.24. The molecule has 3 aliphatic rings. The van der Waals surface area contributed by atoms with E-state index in [0.29, 0.717) is 28.6 Å². The van der Waals surface area contributed by atoms with Gasteiger partial charge in [-0.25, -0.2) is 23.7 Å². The zero-order valence-electron chi connectivity index (χ0n) is 22.3. The van der Waals surface area contributed by atoms with Gasteiger partial charge in [0.2, 0.25) is 0 Å². The minimum Gasteiger partial charge on any atom is -0.368 e. The van der Waals surface area contributed by atoms with Crippen LogP contribution in [0, 0.1) is 11.6 Å². The molecule has 3 heterocycles. The van der Waals surface area contributed by atoms with Crippen LogP contribution < -0.4 is 5.32 Å². The maximum Gasteiger partial charge on any atom is 0.191 e. The van der Waals surface area contributed by atoms with E-state index >= 15 is 0 Å². The molecule has 0 spiro atoms. The first-order valence-electron chi connectivity index (χ1n) is 13.4. The summed E-state index contributed by atoms with van der Waals surface area (Å²) in [6.07, 6.45) is 2.13. The first-order valence-corrected chi connectivity index (χ1v) is 14.4. The zero-order chi connectivity index (χ0) is 27.5. The lowest BCUT2D eigenvalue weighted by molar-refractivity contribution is -0.192. The lowest BCUT2D eigenvalue weighted by atomic mass is 10.1. The standard InChI is InChI=1S/C27H33F2N5O4S/c1-5-8-39-26-32-24(31-18-10-15(18)14-6-7-16(28)17(29)9-14)21-25(33-26)34(12-30-21)19-11-20(36-13(2)35)23-22(19)37-27(3,4)38-23/h6-7,9,12-13,15,18-20,22-23,35H,5,8,10-11H2,1-4H3,(H,31,32,33)/t13?,15-,18+,19+,20-,22-,23+/m0/s1. The van der Waals surface area contributed by atoms with Crippen molar-refractivity contribution < 1.29 is 28.1 Å². The van der Waals surface area contributed by atoms with Crippen LogP contribution >= 0.6 is 11.8 Å². The van der Waals surface area contributed by atoms with Crippen LogP contribution in [0.3, 0.4) is 0 Å². The average molecular weight is 562 g/mol. The summed E-state index contributed by atoms with van der Waals surface area (Å²) in [7, 11) is 0. The topological polar surface area (TPSA) is 104 Å². The van der Waals surface area contributed by atoms with Gasteiger partial charge in [0, 0.05) is 17.7 Å². The van der Waals surface area contributed by atoms with E-state index in [4.69, 9.17) is 29.2 Å². The summed E-state index contributed by atoms with van der Waals surface area (Å²) in [4.78, 5) is 14.3. The predicted molar refractivity (Wildman–Crippen MR) is 141 cm³/mol. The molecule has 3 fully saturated rings. The summed E-state index contributed by atoms with van der Waals surface area (Å²) in [6, 6.07) is 3.92. The lowest BCUT2D eigenvalue weighted by Gasteiger charge is -2.24. The quantitative estimate of drug-likeness (QED) is 0.217. The van der Waals surface area contributed by atoms with Gasteiger partial charge < -0.3 is 29.2 Å². The first kappa shape index (κ1) is 26.8. The summed E-state index contributed by atoms with van der Waals surface area (Å²) in [5, 5.41) is 14.0. The van der Waals surface area contributed by atoms with Crippen LogP contribution in [0.5, 0.6) is 0 Å². The number of hydrogen-bond donors (Lipinski definition) is 2. The highest BCUT2D eigenvalue weighted by Gasteiger charge is 2.56. The number of ether oxygens (including phenoxy) is 3. The van der Waals surface area contributed by atoms with E-state index in [1.165, 1.54) is 12.1 Å². The fraction of sp³-hybridized carbons (Fsp3) is 0.593. The Bertz CT molecular complexity index is 1370. The van der Waals surface area contributed by atoms with Crippen molar-refractivity contribution in [1.82, 2.24) is 19.5 Å². The number of aliphatic hydroxyl groups is 1. The number of aliphatic hydroxyl groups excluding tert-OH is 1. The first-order chi connectivity index (χ1) is 18.6. The largest absolute Gasteiger partial charge is 0.368 e. The lowest BCUT2D eigenvalue weighted by Crippen LogP contribution is -2.33. The number of nitrogens with one attached hydrogen (secondary N) is 1. The highest BCUT2D eigenvalue weighted by Crippen LogP contribution is 2.47. The molecule has 0 bridgehead atoms. The van der Waals surface area contributed by atoms with E-state index in [9.17, 15) is 13.9 Å². The maximum atomic E-state index is 13.8. The Labute approximate surface area is 229 Å². The number of thioether (sulfide) groups is 1. The van der Waals surface area contributed by atoms with Gasteiger partial charge in [-0.15, -0.1) is 0 Å². The minimum absolute atomic E-state index is 0.0224. The van der Waals surface area contributed by atoms with Crippen LogP contribution in [0.1, 0.15) is 64.5 Å². The number of halogens is 2. The van der Waals surface area contributed by atoms with Crippen molar-refractivity contribution in [2.24, 2.45) is 0 Å². The molecule has 0 radical (unpaired) electrons. The molecule has 12 heteroatoms. The van der Waals surface area contributed by atoms with Crippen molar-refractivity contribution in [2.45, 2.75) is 101 Å². The number of benzene rings is 1. The molecule has 0 amide bonds. The number of rotatable bonds is 9. The number of hydrogen-bond acceptors (Lipinski definition) is 9. The summed E-state index contributed by atoms with van der Waals surface area (Å²) in [5.41, 5.74) is 2.05. The summed E-state index contributed by atoms with van der Waals surface area (Å²) in [5.74, 6) is -0.936. The normalized spacial score (nSPS) is 30.0. The summed E-state index contributed by atoms with van der Waals surface area (Å²) < 4.78 is 47.5. The van der Waals surface area contributed by atoms with Crippen molar-refractivity contribution in [2.75, 3.05) is 11.1 Å². The summed E-state index contributed by atoms with van der Waals surface area (Å²) >= 11 is 1.57. The van der Waals surface area contributed by atoms with Gasteiger partial charge in [0.05, 0.1) is 18.5 Å². The van der Waals surface area contributed by atoms with Gasteiger partial charge in [-0.2, -0.15) is 0 Å². The van der Waals surface area contributed by atoms with E-state index in [1.807, 2.05) is 18.4 Å². The Balaban J connectivity index is 1.32. The van der Waals surface area contributed by atoms with E-state index in [1.54, 1.807) is 31.1 Å². The van der Waals surface area contributed by atoms with Gasteiger partial charge in [-0.05, 0) is 57.7 Å². The second-order valence-corrected chi connectivity index (χ2v) is 12.0. The number of nitrogens with zero attached hydrogens (tertiary/aromatic N) is 4. The number of imidazole rings is 1. The van der Waals surface area contributed by atoms with Gasteiger partial charge in [0.25, 0.3) is 0 Å². The third-order valence-corrected chi connectivity index (χ3v) is 8.49. The minimum atomic E-state index is -0.933. The van der Waals surface area contributed by atoms with Crippen LogP contribution in [0.2, 0.25) is 0 Å². The Morgan fingerprint density at radius 1 is 1.21 bits per heavy atom. The monoisotopic (exact) mass is 561 g/mol. The van der Waals surface area contributed by atoms with Gasteiger partial charge in [-0.3, -0.25) is 0 Å². The smallest absolute Gasteiger partial charge is 0.191 e. The van der Waals surface area contributed by atoms with Gasteiger partial charge >= 0.3 is 0 Å². The molecule has 9 nitrogen and oxygen atoms in total.